The van der Waals surface area contributed by atoms with Gasteiger partial charge in [-0.1, -0.05) is 72.8 Å². The molecule has 4 aromatic carbocycles. The molecule has 2 N–H and O–H groups in total. The van der Waals surface area contributed by atoms with Crippen LogP contribution in [0.3, 0.4) is 0 Å². The number of hydrogen-bond acceptors (Lipinski definition) is 6. The van der Waals surface area contributed by atoms with Gasteiger partial charge in [-0.25, -0.2) is 0 Å². The first-order chi connectivity index (χ1) is 20.8. The Morgan fingerprint density at radius 3 is 2.08 bits per heavy atom. The molecule has 0 unspecified atom stereocenters. The molecule has 0 aliphatic rings. The Labute approximate surface area is 239 Å². The van der Waals surface area contributed by atoms with Crippen molar-refractivity contribution < 1.29 is 33.0 Å². The van der Waals surface area contributed by atoms with Gasteiger partial charge in [-0.2, -0.15) is 0 Å². The predicted molar refractivity (Wildman–Crippen MR) is 154 cm³/mol. The highest BCUT2D eigenvalue weighted by molar-refractivity contribution is 5.79. The predicted octanol–water partition coefficient (Wildman–Crippen LogP) is 5.26. The zero-order valence-corrected chi connectivity index (χ0v) is 22.4. The van der Waals surface area contributed by atoms with E-state index in [4.69, 9.17) is 23.1 Å². The fourth-order valence-electron chi connectivity index (χ4n) is 4.28. The minimum Gasteiger partial charge on any atom is -0.493 e. The number of hydrogen-bond donors (Lipinski definition) is 2. The molecule has 0 saturated heterocycles. The normalized spacial score (nSPS) is 12.0. The van der Waals surface area contributed by atoms with E-state index >= 15 is 0 Å². The summed E-state index contributed by atoms with van der Waals surface area (Å²) in [5, 5.41) is 13.0. The molecule has 0 saturated carbocycles. The van der Waals surface area contributed by atoms with Crippen LogP contribution in [-0.4, -0.2) is 31.7 Å². The number of carbonyl (C=O) groups excluding carboxylic acids is 1. The molecule has 4 rings (SSSR count). The van der Waals surface area contributed by atoms with E-state index < -0.39 is 7.04 Å². The molecule has 1 amide bonds. The summed E-state index contributed by atoms with van der Waals surface area (Å²) >= 11 is 0. The van der Waals surface area contributed by atoms with E-state index in [9.17, 15) is 9.90 Å². The number of aliphatic hydroxyl groups excluding tert-OH is 1. The molecule has 0 radical (unpaired) electrons. The standard InChI is InChI=1S/C33H35NO6/c1-37-31-19-24(13-15-29(31)39-22-25-9-5-3-6-10-25)17-18-34-32(36)20-27-14-16-30(33(38-2)28(27)21-35)40-23-26-11-7-4-8-12-26/h3-16,19,35H,17-18,20-23H2,1-2H3,(H,34,36)/i1D3. The smallest absolute Gasteiger partial charge is 0.224 e. The minimum absolute atomic E-state index is 0.0326. The maximum atomic E-state index is 12.8. The second kappa shape index (κ2) is 14.6. The van der Waals surface area contributed by atoms with Crippen molar-refractivity contribution >= 4 is 5.91 Å². The minimum atomic E-state index is -2.65. The first-order valence-electron chi connectivity index (χ1n) is 14.5. The van der Waals surface area contributed by atoms with E-state index in [1.54, 1.807) is 24.3 Å². The van der Waals surface area contributed by atoms with E-state index in [-0.39, 0.29) is 31.3 Å². The topological polar surface area (TPSA) is 86.3 Å². The van der Waals surface area contributed by atoms with Gasteiger partial charge in [0, 0.05) is 12.1 Å². The van der Waals surface area contributed by atoms with Gasteiger partial charge < -0.3 is 29.4 Å². The lowest BCUT2D eigenvalue weighted by Gasteiger charge is -2.17. The fourth-order valence-corrected chi connectivity index (χ4v) is 4.28. The van der Waals surface area contributed by atoms with E-state index in [0.29, 0.717) is 47.9 Å². The van der Waals surface area contributed by atoms with Gasteiger partial charge in [0.25, 0.3) is 0 Å². The Hall–Kier alpha value is -4.49. The highest BCUT2D eigenvalue weighted by Gasteiger charge is 2.17. The second-order valence-electron chi connectivity index (χ2n) is 9.10. The van der Waals surface area contributed by atoms with Crippen molar-refractivity contribution in [2.45, 2.75) is 32.7 Å². The van der Waals surface area contributed by atoms with Crippen LogP contribution in [-0.2, 0) is 37.5 Å². The number of nitrogens with one attached hydrogen (secondary N) is 1. The van der Waals surface area contributed by atoms with Crippen LogP contribution < -0.4 is 24.3 Å². The summed E-state index contributed by atoms with van der Waals surface area (Å²) in [4.78, 5) is 12.8. The number of ether oxygens (including phenoxy) is 4. The van der Waals surface area contributed by atoms with Crippen molar-refractivity contribution in [1.29, 1.82) is 0 Å². The zero-order chi connectivity index (χ0) is 30.7. The van der Waals surface area contributed by atoms with Gasteiger partial charge >= 0.3 is 0 Å². The molecule has 4 aromatic rings. The van der Waals surface area contributed by atoms with Crippen molar-refractivity contribution in [3.63, 3.8) is 0 Å². The number of aliphatic hydroxyl groups is 1. The number of benzene rings is 4. The third-order valence-electron chi connectivity index (χ3n) is 6.36. The maximum absolute atomic E-state index is 12.8. The Bertz CT molecular complexity index is 1480. The third-order valence-corrected chi connectivity index (χ3v) is 6.36. The quantitative estimate of drug-likeness (QED) is 0.225. The molecule has 0 bridgehead atoms. The molecule has 0 spiro atoms. The molecule has 40 heavy (non-hydrogen) atoms. The average Bonchev–Trinajstić information content (AvgIpc) is 3.00. The van der Waals surface area contributed by atoms with Gasteiger partial charge in [0.1, 0.15) is 13.2 Å². The number of amides is 1. The number of rotatable bonds is 14. The van der Waals surface area contributed by atoms with Gasteiger partial charge in [0.05, 0.1) is 31.3 Å². The van der Waals surface area contributed by atoms with Crippen molar-refractivity contribution in [3.8, 4) is 23.0 Å². The molecule has 0 atom stereocenters. The largest absolute Gasteiger partial charge is 0.493 e. The first-order valence-corrected chi connectivity index (χ1v) is 13.0. The lowest BCUT2D eigenvalue weighted by atomic mass is 10.0. The molecule has 0 aliphatic heterocycles. The van der Waals surface area contributed by atoms with E-state index in [2.05, 4.69) is 5.32 Å². The van der Waals surface area contributed by atoms with Crippen LogP contribution in [0.5, 0.6) is 23.0 Å². The number of carbonyl (C=O) groups is 1. The molecule has 0 heterocycles. The molecule has 7 nitrogen and oxygen atoms in total. The Morgan fingerprint density at radius 2 is 1.45 bits per heavy atom. The van der Waals surface area contributed by atoms with Crippen LogP contribution in [0.4, 0.5) is 0 Å². The third kappa shape index (κ3) is 7.77. The maximum Gasteiger partial charge on any atom is 0.224 e. The average molecular weight is 545 g/mol. The van der Waals surface area contributed by atoms with Crippen LogP contribution in [0.2, 0.25) is 0 Å². The summed E-state index contributed by atoms with van der Waals surface area (Å²) in [7, 11) is -1.15. The molecule has 7 heteroatoms. The summed E-state index contributed by atoms with van der Waals surface area (Å²) < 4.78 is 45.1. The van der Waals surface area contributed by atoms with Crippen LogP contribution >= 0.6 is 0 Å². The van der Waals surface area contributed by atoms with Crippen LogP contribution in [0.25, 0.3) is 0 Å². The monoisotopic (exact) mass is 544 g/mol. The van der Waals surface area contributed by atoms with E-state index in [1.165, 1.54) is 7.11 Å². The van der Waals surface area contributed by atoms with Crippen LogP contribution in [0.15, 0.2) is 91.0 Å². The van der Waals surface area contributed by atoms with Crippen molar-refractivity contribution in [2.24, 2.45) is 0 Å². The molecule has 0 aliphatic carbocycles. The van der Waals surface area contributed by atoms with Gasteiger partial charge in [0.2, 0.25) is 5.91 Å². The van der Waals surface area contributed by atoms with E-state index in [1.807, 2.05) is 66.7 Å². The lowest BCUT2D eigenvalue weighted by Crippen LogP contribution is -2.27. The molecule has 208 valence electrons. The van der Waals surface area contributed by atoms with E-state index in [0.717, 1.165) is 16.7 Å². The van der Waals surface area contributed by atoms with Gasteiger partial charge in [-0.05, 0) is 46.9 Å². The molecule has 0 fully saturated rings. The Balaban J connectivity index is 1.36. The van der Waals surface area contributed by atoms with Gasteiger partial charge in [0.15, 0.2) is 23.0 Å². The summed E-state index contributed by atoms with van der Waals surface area (Å²) in [6.07, 6.45) is 0.468. The SMILES string of the molecule is [2H]C([2H])([2H])Oc1cc(CCNC(=O)Cc2ccc(OCc3ccccc3)c(OC)c2CO)ccc1OCc1ccccc1. The van der Waals surface area contributed by atoms with Crippen LogP contribution in [0, 0.1) is 0 Å². The van der Waals surface area contributed by atoms with Crippen molar-refractivity contribution in [2.75, 3.05) is 20.7 Å². The van der Waals surface area contributed by atoms with Crippen molar-refractivity contribution in [3.05, 3.63) is 119 Å². The van der Waals surface area contributed by atoms with Gasteiger partial charge in [-0.15, -0.1) is 0 Å². The van der Waals surface area contributed by atoms with Gasteiger partial charge in [-0.3, -0.25) is 4.79 Å². The second-order valence-corrected chi connectivity index (χ2v) is 9.10. The highest BCUT2D eigenvalue weighted by Crippen LogP contribution is 2.35. The molecular formula is C33H35NO6. The fraction of sp³-hybridized carbons (Fsp3) is 0.242. The zero-order valence-electron chi connectivity index (χ0n) is 25.4. The molecular weight excluding hydrogens is 506 g/mol. The first kappa shape index (κ1) is 24.5. The highest BCUT2D eigenvalue weighted by atomic mass is 16.5. The van der Waals surface area contributed by atoms with Crippen LogP contribution in [0.1, 0.15) is 31.9 Å². The molecule has 0 aromatic heterocycles. The summed E-state index contributed by atoms with van der Waals surface area (Å²) in [5.41, 5.74) is 3.80. The Kier molecular flexibility index (Phi) is 8.96. The summed E-state index contributed by atoms with van der Waals surface area (Å²) in [6.45, 7) is 0.578. The summed E-state index contributed by atoms with van der Waals surface area (Å²) in [5.74, 6) is 1.05. The number of methoxy groups -OCH3 is 2. The Morgan fingerprint density at radius 1 is 0.800 bits per heavy atom. The van der Waals surface area contributed by atoms with Crippen molar-refractivity contribution in [1.82, 2.24) is 5.32 Å². The lowest BCUT2D eigenvalue weighted by molar-refractivity contribution is -0.120. The summed E-state index contributed by atoms with van der Waals surface area (Å²) in [6, 6.07) is 27.8.